The van der Waals surface area contributed by atoms with Crippen molar-refractivity contribution in [3.8, 4) is 6.07 Å². The maximum Gasteiger partial charge on any atom is 0.253 e. The molecule has 0 aliphatic carbocycles. The maximum atomic E-state index is 12.3. The average molecular weight is 242 g/mol. The smallest absolute Gasteiger partial charge is 0.253 e. The van der Waals surface area contributed by atoms with Gasteiger partial charge in [0, 0.05) is 18.7 Å². The van der Waals surface area contributed by atoms with Crippen LogP contribution in [0.25, 0.3) is 0 Å². The van der Waals surface area contributed by atoms with Crippen molar-refractivity contribution in [3.63, 3.8) is 0 Å². The summed E-state index contributed by atoms with van der Waals surface area (Å²) in [5.41, 5.74) is 1.61. The zero-order valence-corrected chi connectivity index (χ0v) is 10.9. The van der Waals surface area contributed by atoms with Gasteiger partial charge in [-0.2, -0.15) is 5.26 Å². The van der Waals surface area contributed by atoms with Crippen LogP contribution in [0.2, 0.25) is 0 Å². The molecule has 1 aliphatic heterocycles. The Morgan fingerprint density at radius 3 is 2.28 bits per heavy atom. The summed E-state index contributed by atoms with van der Waals surface area (Å²) >= 11 is 0. The van der Waals surface area contributed by atoms with E-state index in [-0.39, 0.29) is 5.91 Å². The largest absolute Gasteiger partial charge is 0.339 e. The zero-order chi connectivity index (χ0) is 13.2. The lowest BCUT2D eigenvalue weighted by Crippen LogP contribution is -2.41. The van der Waals surface area contributed by atoms with Crippen LogP contribution in [0.3, 0.4) is 0 Å². The summed E-state index contributed by atoms with van der Waals surface area (Å²) in [6, 6.07) is 8.92. The molecule has 1 heterocycles. The highest BCUT2D eigenvalue weighted by molar-refractivity contribution is 5.94. The van der Waals surface area contributed by atoms with Crippen molar-refractivity contribution >= 4 is 5.91 Å². The molecule has 0 radical (unpaired) electrons. The molecule has 94 valence electrons. The molecule has 1 aromatic carbocycles. The average Bonchev–Trinajstić information content (AvgIpc) is 2.38. The van der Waals surface area contributed by atoms with Crippen molar-refractivity contribution < 1.29 is 4.79 Å². The quantitative estimate of drug-likeness (QED) is 0.760. The first-order chi connectivity index (χ1) is 8.52. The standard InChI is InChI=1S/C15H18N2O/c1-15(2)7-9-17(10-8-15)14(18)13-5-3-12(11-16)4-6-13/h3-6H,7-10H2,1-2H3. The van der Waals surface area contributed by atoms with Crippen molar-refractivity contribution in [1.29, 1.82) is 5.26 Å². The fourth-order valence-corrected chi connectivity index (χ4v) is 2.19. The topological polar surface area (TPSA) is 44.1 Å². The van der Waals surface area contributed by atoms with Crippen LogP contribution in [-0.2, 0) is 0 Å². The summed E-state index contributed by atoms with van der Waals surface area (Å²) in [4.78, 5) is 14.2. The van der Waals surface area contributed by atoms with Gasteiger partial charge in [-0.05, 0) is 42.5 Å². The molecule has 0 saturated carbocycles. The highest BCUT2D eigenvalue weighted by atomic mass is 16.2. The lowest BCUT2D eigenvalue weighted by atomic mass is 9.82. The molecule has 1 fully saturated rings. The summed E-state index contributed by atoms with van der Waals surface area (Å²) in [7, 11) is 0. The minimum atomic E-state index is 0.0787. The number of benzene rings is 1. The molecule has 0 atom stereocenters. The molecule has 0 bridgehead atoms. The summed E-state index contributed by atoms with van der Waals surface area (Å²) in [6.07, 6.45) is 2.10. The van der Waals surface area contributed by atoms with Crippen molar-refractivity contribution in [3.05, 3.63) is 35.4 Å². The molecule has 1 aliphatic rings. The SMILES string of the molecule is CC1(C)CCN(C(=O)c2ccc(C#N)cc2)CC1. The van der Waals surface area contributed by atoms with E-state index in [2.05, 4.69) is 19.9 Å². The van der Waals surface area contributed by atoms with E-state index in [1.165, 1.54) is 0 Å². The molecule has 1 saturated heterocycles. The fraction of sp³-hybridized carbons (Fsp3) is 0.467. The first kappa shape index (κ1) is 12.6. The minimum Gasteiger partial charge on any atom is -0.339 e. The van der Waals surface area contributed by atoms with Crippen LogP contribution >= 0.6 is 0 Å². The highest BCUT2D eigenvalue weighted by Gasteiger charge is 2.28. The number of hydrogen-bond acceptors (Lipinski definition) is 2. The lowest BCUT2D eigenvalue weighted by molar-refractivity contribution is 0.0630. The summed E-state index contributed by atoms with van der Waals surface area (Å²) in [5, 5.41) is 8.73. The Hall–Kier alpha value is -1.82. The number of likely N-dealkylation sites (tertiary alicyclic amines) is 1. The van der Waals surface area contributed by atoms with Gasteiger partial charge in [-0.25, -0.2) is 0 Å². The number of nitrogens with zero attached hydrogens (tertiary/aromatic N) is 2. The second kappa shape index (κ2) is 4.81. The number of amides is 1. The predicted molar refractivity (Wildman–Crippen MR) is 70.1 cm³/mol. The third kappa shape index (κ3) is 2.70. The van der Waals surface area contributed by atoms with Gasteiger partial charge in [0.1, 0.15) is 0 Å². The van der Waals surface area contributed by atoms with Gasteiger partial charge < -0.3 is 4.90 Å². The molecule has 0 spiro atoms. The number of hydrogen-bond donors (Lipinski definition) is 0. The van der Waals surface area contributed by atoms with Crippen molar-refractivity contribution in [2.45, 2.75) is 26.7 Å². The molecule has 0 aromatic heterocycles. The fourth-order valence-electron chi connectivity index (χ4n) is 2.19. The zero-order valence-electron chi connectivity index (χ0n) is 10.9. The van der Waals surface area contributed by atoms with Crippen molar-refractivity contribution in [1.82, 2.24) is 4.90 Å². The van der Waals surface area contributed by atoms with Gasteiger partial charge in [-0.15, -0.1) is 0 Å². The molecular weight excluding hydrogens is 224 g/mol. The monoisotopic (exact) mass is 242 g/mol. The Morgan fingerprint density at radius 1 is 1.22 bits per heavy atom. The number of rotatable bonds is 1. The van der Waals surface area contributed by atoms with E-state index in [0.29, 0.717) is 16.5 Å². The molecular formula is C15H18N2O. The maximum absolute atomic E-state index is 12.3. The number of nitriles is 1. The van der Waals surface area contributed by atoms with Gasteiger partial charge in [0.05, 0.1) is 11.6 Å². The Labute approximate surface area is 108 Å². The number of carbonyl (C=O) groups excluding carboxylic acids is 1. The van der Waals surface area contributed by atoms with E-state index >= 15 is 0 Å². The molecule has 3 heteroatoms. The van der Waals surface area contributed by atoms with Gasteiger partial charge in [0.2, 0.25) is 0 Å². The van der Waals surface area contributed by atoms with Gasteiger partial charge in [0.25, 0.3) is 5.91 Å². The van der Waals surface area contributed by atoms with Crippen LogP contribution < -0.4 is 0 Å². The first-order valence-corrected chi connectivity index (χ1v) is 6.31. The minimum absolute atomic E-state index is 0.0787. The lowest BCUT2D eigenvalue weighted by Gasteiger charge is -2.36. The Kier molecular flexibility index (Phi) is 3.38. The Morgan fingerprint density at radius 2 is 1.78 bits per heavy atom. The molecule has 1 amide bonds. The number of piperidine rings is 1. The molecule has 18 heavy (non-hydrogen) atoms. The van der Waals surface area contributed by atoms with E-state index in [9.17, 15) is 4.79 Å². The molecule has 2 rings (SSSR count). The van der Waals surface area contributed by atoms with Gasteiger partial charge in [-0.1, -0.05) is 13.8 Å². The van der Waals surface area contributed by atoms with Gasteiger partial charge in [0.15, 0.2) is 0 Å². The van der Waals surface area contributed by atoms with Gasteiger partial charge >= 0.3 is 0 Å². The van der Waals surface area contributed by atoms with E-state index in [4.69, 9.17) is 5.26 Å². The van der Waals surface area contributed by atoms with Crippen LogP contribution in [-0.4, -0.2) is 23.9 Å². The third-order valence-corrected chi connectivity index (χ3v) is 3.67. The predicted octanol–water partition coefficient (Wildman–Crippen LogP) is 2.82. The second-order valence-electron chi connectivity index (χ2n) is 5.65. The van der Waals surface area contributed by atoms with Crippen LogP contribution in [0, 0.1) is 16.7 Å². The van der Waals surface area contributed by atoms with E-state index in [1.54, 1.807) is 24.3 Å². The Bertz CT molecular complexity index is 472. The van der Waals surface area contributed by atoms with Gasteiger partial charge in [-0.3, -0.25) is 4.79 Å². The summed E-state index contributed by atoms with van der Waals surface area (Å²) in [6.45, 7) is 6.14. The molecule has 0 N–H and O–H groups in total. The van der Waals surface area contributed by atoms with Crippen LogP contribution in [0.4, 0.5) is 0 Å². The van der Waals surface area contributed by atoms with Crippen LogP contribution in [0.5, 0.6) is 0 Å². The van der Waals surface area contributed by atoms with Crippen molar-refractivity contribution in [2.75, 3.05) is 13.1 Å². The third-order valence-electron chi connectivity index (χ3n) is 3.67. The second-order valence-corrected chi connectivity index (χ2v) is 5.65. The number of carbonyl (C=O) groups is 1. The Balaban J connectivity index is 2.06. The van der Waals surface area contributed by atoms with E-state index < -0.39 is 0 Å². The molecule has 0 unspecified atom stereocenters. The summed E-state index contributed by atoms with van der Waals surface area (Å²) < 4.78 is 0. The van der Waals surface area contributed by atoms with Crippen molar-refractivity contribution in [2.24, 2.45) is 5.41 Å². The van der Waals surface area contributed by atoms with E-state index in [1.807, 2.05) is 4.90 Å². The molecule has 1 aromatic rings. The van der Waals surface area contributed by atoms with Crippen LogP contribution in [0.15, 0.2) is 24.3 Å². The highest BCUT2D eigenvalue weighted by Crippen LogP contribution is 2.30. The molecule has 3 nitrogen and oxygen atoms in total. The van der Waals surface area contributed by atoms with Crippen LogP contribution in [0.1, 0.15) is 42.6 Å². The first-order valence-electron chi connectivity index (χ1n) is 6.31. The van der Waals surface area contributed by atoms with E-state index in [0.717, 1.165) is 25.9 Å². The normalized spacial score (nSPS) is 18.2. The summed E-state index contributed by atoms with van der Waals surface area (Å²) in [5.74, 6) is 0.0787.